The standard InChI is InChI=1S/C25H32N4O2S/c1-17(2)10-13-19(4)26-23(30)16-32-25-28-27-24(21-8-6-7-9-22(21)31-5)29(25)20-14-11-18(3)12-15-20/h6-9,11-12,14-15,17,19H,10,13,16H2,1-5H3,(H,26,30). The lowest BCUT2D eigenvalue weighted by atomic mass is 10.0. The highest BCUT2D eigenvalue weighted by Gasteiger charge is 2.20. The molecule has 0 aliphatic rings. The third-order valence-electron chi connectivity index (χ3n) is 5.19. The maximum absolute atomic E-state index is 12.5. The summed E-state index contributed by atoms with van der Waals surface area (Å²) in [6.07, 6.45) is 2.07. The van der Waals surface area contributed by atoms with E-state index in [1.807, 2.05) is 41.0 Å². The second-order valence-corrected chi connectivity index (χ2v) is 9.35. The molecule has 0 bridgehead atoms. The molecule has 0 aliphatic heterocycles. The Morgan fingerprint density at radius 1 is 1.06 bits per heavy atom. The molecule has 0 spiro atoms. The number of aryl methyl sites for hydroxylation is 1. The minimum atomic E-state index is 0.00329. The third kappa shape index (κ3) is 6.13. The van der Waals surface area contributed by atoms with E-state index in [0.29, 0.717) is 16.9 Å². The molecule has 1 atom stereocenters. The van der Waals surface area contributed by atoms with Crippen molar-refractivity contribution in [1.29, 1.82) is 0 Å². The van der Waals surface area contributed by atoms with Gasteiger partial charge >= 0.3 is 0 Å². The van der Waals surface area contributed by atoms with E-state index < -0.39 is 0 Å². The number of thioether (sulfide) groups is 1. The summed E-state index contributed by atoms with van der Waals surface area (Å²) < 4.78 is 7.53. The Hall–Kier alpha value is -2.80. The number of carbonyl (C=O) groups excluding carboxylic acids is 1. The highest BCUT2D eigenvalue weighted by Crippen LogP contribution is 2.33. The monoisotopic (exact) mass is 452 g/mol. The molecule has 1 N–H and O–H groups in total. The van der Waals surface area contributed by atoms with Crippen molar-refractivity contribution in [3.05, 3.63) is 54.1 Å². The zero-order valence-corrected chi connectivity index (χ0v) is 20.3. The zero-order valence-electron chi connectivity index (χ0n) is 19.5. The Kier molecular flexibility index (Phi) is 8.33. The van der Waals surface area contributed by atoms with Crippen molar-refractivity contribution in [2.24, 2.45) is 5.92 Å². The van der Waals surface area contributed by atoms with Crippen molar-refractivity contribution in [2.45, 2.75) is 51.7 Å². The summed E-state index contributed by atoms with van der Waals surface area (Å²) in [5, 5.41) is 12.6. The van der Waals surface area contributed by atoms with E-state index in [2.05, 4.69) is 55.3 Å². The molecule has 2 aromatic carbocycles. The van der Waals surface area contributed by atoms with Crippen LogP contribution in [0.3, 0.4) is 0 Å². The first-order valence-corrected chi connectivity index (χ1v) is 12.0. The molecule has 0 saturated carbocycles. The van der Waals surface area contributed by atoms with E-state index >= 15 is 0 Å². The first-order chi connectivity index (χ1) is 15.4. The first-order valence-electron chi connectivity index (χ1n) is 11.0. The number of carbonyl (C=O) groups is 1. The van der Waals surface area contributed by atoms with Crippen LogP contribution in [-0.2, 0) is 4.79 Å². The van der Waals surface area contributed by atoms with Gasteiger partial charge in [0.2, 0.25) is 5.91 Å². The number of benzene rings is 2. The molecule has 32 heavy (non-hydrogen) atoms. The number of methoxy groups -OCH3 is 1. The fourth-order valence-electron chi connectivity index (χ4n) is 3.40. The molecule has 6 nitrogen and oxygen atoms in total. The molecule has 3 rings (SSSR count). The third-order valence-corrected chi connectivity index (χ3v) is 6.12. The van der Waals surface area contributed by atoms with Crippen LogP contribution < -0.4 is 10.1 Å². The lowest BCUT2D eigenvalue weighted by Gasteiger charge is -2.15. The number of para-hydroxylation sites is 1. The summed E-state index contributed by atoms with van der Waals surface area (Å²) in [6.45, 7) is 8.50. The smallest absolute Gasteiger partial charge is 0.230 e. The van der Waals surface area contributed by atoms with E-state index in [-0.39, 0.29) is 17.7 Å². The van der Waals surface area contributed by atoms with Crippen LogP contribution in [0.5, 0.6) is 5.75 Å². The number of hydrogen-bond donors (Lipinski definition) is 1. The molecule has 1 heterocycles. The number of ether oxygens (including phenoxy) is 1. The van der Waals surface area contributed by atoms with Crippen molar-refractivity contribution >= 4 is 17.7 Å². The summed E-state index contributed by atoms with van der Waals surface area (Å²) in [7, 11) is 1.64. The molecular formula is C25H32N4O2S. The van der Waals surface area contributed by atoms with Crippen molar-refractivity contribution in [2.75, 3.05) is 12.9 Å². The van der Waals surface area contributed by atoms with E-state index in [9.17, 15) is 4.79 Å². The zero-order chi connectivity index (χ0) is 23.1. The molecule has 3 aromatic rings. The van der Waals surface area contributed by atoms with E-state index in [1.165, 1.54) is 17.3 Å². The van der Waals surface area contributed by atoms with E-state index in [1.54, 1.807) is 7.11 Å². The minimum absolute atomic E-state index is 0.00329. The highest BCUT2D eigenvalue weighted by atomic mass is 32.2. The SMILES string of the molecule is COc1ccccc1-c1nnc(SCC(=O)NC(C)CCC(C)C)n1-c1ccc(C)cc1. The number of amides is 1. The molecule has 0 radical (unpaired) electrons. The molecule has 0 fully saturated rings. The van der Waals surface area contributed by atoms with Gasteiger partial charge in [-0.15, -0.1) is 10.2 Å². The molecule has 0 saturated heterocycles. The quantitative estimate of drug-likeness (QED) is 0.424. The molecule has 1 aromatic heterocycles. The normalized spacial score (nSPS) is 12.1. The van der Waals surface area contributed by atoms with Gasteiger partial charge in [0, 0.05) is 11.7 Å². The predicted octanol–water partition coefficient (Wildman–Crippen LogP) is 5.28. The number of aromatic nitrogens is 3. The fraction of sp³-hybridized carbons (Fsp3) is 0.400. The maximum Gasteiger partial charge on any atom is 0.230 e. The van der Waals surface area contributed by atoms with Gasteiger partial charge in [0.25, 0.3) is 0 Å². The number of nitrogens with zero attached hydrogens (tertiary/aromatic N) is 3. The number of nitrogens with one attached hydrogen (secondary N) is 1. The summed E-state index contributed by atoms with van der Waals surface area (Å²) >= 11 is 1.39. The minimum Gasteiger partial charge on any atom is -0.496 e. The van der Waals surface area contributed by atoms with Crippen LogP contribution in [-0.4, -0.2) is 39.6 Å². The van der Waals surface area contributed by atoms with Gasteiger partial charge in [-0.05, 0) is 56.9 Å². The van der Waals surface area contributed by atoms with Crippen molar-refractivity contribution in [3.63, 3.8) is 0 Å². The molecule has 1 amide bonds. The Balaban J connectivity index is 1.84. The molecular weight excluding hydrogens is 420 g/mol. The van der Waals surface area contributed by atoms with E-state index in [4.69, 9.17) is 4.74 Å². The van der Waals surface area contributed by atoms with Gasteiger partial charge in [-0.3, -0.25) is 9.36 Å². The van der Waals surface area contributed by atoms with Gasteiger partial charge < -0.3 is 10.1 Å². The van der Waals surface area contributed by atoms with Gasteiger partial charge in [-0.1, -0.05) is 55.4 Å². The average molecular weight is 453 g/mol. The second-order valence-electron chi connectivity index (χ2n) is 8.41. The predicted molar refractivity (Wildman–Crippen MR) is 130 cm³/mol. The Bertz CT molecular complexity index is 1030. The topological polar surface area (TPSA) is 69.0 Å². The summed E-state index contributed by atoms with van der Waals surface area (Å²) in [5.41, 5.74) is 2.96. The fourth-order valence-corrected chi connectivity index (χ4v) is 4.16. The van der Waals surface area contributed by atoms with Crippen LogP contribution in [0.25, 0.3) is 17.1 Å². The van der Waals surface area contributed by atoms with Crippen molar-refractivity contribution in [1.82, 2.24) is 20.1 Å². The van der Waals surface area contributed by atoms with Crippen LogP contribution >= 0.6 is 11.8 Å². The number of hydrogen-bond acceptors (Lipinski definition) is 5. The Morgan fingerprint density at radius 3 is 2.47 bits per heavy atom. The number of rotatable bonds is 10. The lowest BCUT2D eigenvalue weighted by molar-refractivity contribution is -0.119. The molecule has 0 aliphatic carbocycles. The Morgan fingerprint density at radius 2 is 1.78 bits per heavy atom. The lowest BCUT2D eigenvalue weighted by Crippen LogP contribution is -2.34. The van der Waals surface area contributed by atoms with Crippen LogP contribution in [0.1, 0.15) is 39.2 Å². The summed E-state index contributed by atoms with van der Waals surface area (Å²) in [5.74, 6) is 2.32. The average Bonchev–Trinajstić information content (AvgIpc) is 3.20. The molecule has 170 valence electrons. The van der Waals surface area contributed by atoms with Gasteiger partial charge in [-0.2, -0.15) is 0 Å². The Labute approximate surface area is 194 Å². The van der Waals surface area contributed by atoms with Gasteiger partial charge in [0.15, 0.2) is 11.0 Å². The van der Waals surface area contributed by atoms with Gasteiger partial charge in [-0.25, -0.2) is 0 Å². The summed E-state index contributed by atoms with van der Waals surface area (Å²) in [6, 6.07) is 16.1. The summed E-state index contributed by atoms with van der Waals surface area (Å²) in [4.78, 5) is 12.5. The highest BCUT2D eigenvalue weighted by molar-refractivity contribution is 7.99. The maximum atomic E-state index is 12.5. The van der Waals surface area contributed by atoms with Crippen LogP contribution in [0.4, 0.5) is 0 Å². The van der Waals surface area contributed by atoms with Gasteiger partial charge in [0.1, 0.15) is 5.75 Å². The molecule has 1 unspecified atom stereocenters. The van der Waals surface area contributed by atoms with E-state index in [0.717, 1.165) is 29.8 Å². The van der Waals surface area contributed by atoms with Crippen molar-refractivity contribution in [3.8, 4) is 22.8 Å². The van der Waals surface area contributed by atoms with Gasteiger partial charge in [0.05, 0.1) is 18.4 Å². The van der Waals surface area contributed by atoms with Crippen molar-refractivity contribution < 1.29 is 9.53 Å². The molecule has 7 heteroatoms. The van der Waals surface area contributed by atoms with Crippen LogP contribution in [0.2, 0.25) is 0 Å². The largest absolute Gasteiger partial charge is 0.496 e. The van der Waals surface area contributed by atoms with Crippen LogP contribution in [0.15, 0.2) is 53.7 Å². The first kappa shape index (κ1) is 23.9. The van der Waals surface area contributed by atoms with Crippen LogP contribution in [0, 0.1) is 12.8 Å². The second kappa shape index (κ2) is 11.2.